The molecule has 43 heteroatoms. The van der Waals surface area contributed by atoms with Gasteiger partial charge in [0.15, 0.2) is 22.6 Å². The Morgan fingerprint density at radius 3 is 1.08 bits per heavy atom. The summed E-state index contributed by atoms with van der Waals surface area (Å²) in [6, 6.07) is 46.5. The molecule has 143 heavy (non-hydrogen) atoms. The number of fused-ring (bicyclic) bond motifs is 4. The molecule has 0 unspecified atom stereocenters. The summed E-state index contributed by atoms with van der Waals surface area (Å²) in [6.07, 6.45) is 14.8. The van der Waals surface area contributed by atoms with Crippen LogP contribution in [0.4, 0.5) is 69.5 Å². The van der Waals surface area contributed by atoms with E-state index in [2.05, 4.69) is 72.2 Å². The van der Waals surface area contributed by atoms with Gasteiger partial charge in [0, 0.05) is 150 Å². The van der Waals surface area contributed by atoms with Crippen molar-refractivity contribution in [2.75, 3.05) is 104 Å². The molecule has 24 rings (SSSR count). The highest BCUT2D eigenvalue weighted by Crippen LogP contribution is 2.55. The van der Waals surface area contributed by atoms with Crippen LogP contribution in [0.2, 0.25) is 10.3 Å². The van der Waals surface area contributed by atoms with Crippen LogP contribution < -0.4 is 74.7 Å². The van der Waals surface area contributed by atoms with Crippen LogP contribution in [0.15, 0.2) is 209 Å². The van der Waals surface area contributed by atoms with Crippen molar-refractivity contribution in [2.24, 2.45) is 22.0 Å². The second kappa shape index (κ2) is 41.7. The Balaban J connectivity index is 0.000000124. The van der Waals surface area contributed by atoms with Crippen molar-refractivity contribution in [1.29, 1.82) is 0 Å². The number of amides is 3. The molecule has 3 amide bonds. The van der Waals surface area contributed by atoms with E-state index in [-0.39, 0.29) is 98.7 Å². The number of halogens is 6. The van der Waals surface area contributed by atoms with E-state index in [1.165, 1.54) is 33.8 Å². The second-order valence-corrected chi connectivity index (χ2v) is 38.7. The van der Waals surface area contributed by atoms with Crippen LogP contribution in [-0.4, -0.2) is 218 Å². The van der Waals surface area contributed by atoms with E-state index in [0.717, 1.165) is 94.9 Å². The largest absolute Gasteiger partial charge is 0.477 e. The molecule has 3 spiro atoms. The fraction of sp³-hybridized carbons (Fsp3) is 0.390. The molecule has 750 valence electrons. The van der Waals surface area contributed by atoms with E-state index in [9.17, 15) is 56.2 Å². The molecule has 7 aliphatic carbocycles. The highest BCUT2D eigenvalue weighted by molar-refractivity contribution is 6.30. The number of aromatic nitrogens is 15. The zero-order valence-electron chi connectivity index (χ0n) is 77.3. The molecular formula is C100H112Cl2F4N26O11. The summed E-state index contributed by atoms with van der Waals surface area (Å²) in [6.45, 7) is 6.68. The minimum Gasteiger partial charge on any atom is -0.477 e. The van der Waals surface area contributed by atoms with E-state index < -0.39 is 66.5 Å². The predicted octanol–water partition coefficient (Wildman–Crippen LogP) is 13.0. The third-order valence-electron chi connectivity index (χ3n) is 26.9. The Morgan fingerprint density at radius 2 is 0.748 bits per heavy atom. The number of alkyl halides is 4. The zero-order chi connectivity index (χ0) is 98.5. The van der Waals surface area contributed by atoms with Gasteiger partial charge in [0.2, 0.25) is 0 Å². The molecule has 11 N–H and O–H groups in total. The van der Waals surface area contributed by atoms with Crippen molar-refractivity contribution in [3.63, 3.8) is 0 Å². The minimum atomic E-state index is -1.08. The van der Waals surface area contributed by atoms with Crippen molar-refractivity contribution in [3.05, 3.63) is 275 Å². The van der Waals surface area contributed by atoms with Crippen molar-refractivity contribution < 1.29 is 56.1 Å². The summed E-state index contributed by atoms with van der Waals surface area (Å²) in [5.74, 6) is 1.10. The van der Waals surface area contributed by atoms with Crippen LogP contribution >= 0.6 is 23.2 Å². The predicted molar refractivity (Wildman–Crippen MR) is 535 cm³/mol. The fourth-order valence-corrected chi connectivity index (χ4v) is 18.7. The van der Waals surface area contributed by atoms with Crippen LogP contribution in [0.25, 0.3) is 22.6 Å². The summed E-state index contributed by atoms with van der Waals surface area (Å²) in [7, 11) is 7.46. The summed E-state index contributed by atoms with van der Waals surface area (Å²) in [4.78, 5) is 111. The quantitative estimate of drug-likeness (QED) is 0.0200. The normalized spacial score (nSPS) is 21.2. The van der Waals surface area contributed by atoms with Gasteiger partial charge in [-0.3, -0.25) is 28.8 Å². The highest BCUT2D eigenvalue weighted by atomic mass is 35.5. The minimum absolute atomic E-state index is 0. The lowest BCUT2D eigenvalue weighted by Crippen LogP contribution is -2.53. The first-order valence-electron chi connectivity index (χ1n) is 46.4. The van der Waals surface area contributed by atoms with E-state index in [4.69, 9.17) is 48.9 Å². The molecule has 14 heterocycles. The van der Waals surface area contributed by atoms with Gasteiger partial charge in [-0.25, -0.2) is 42.3 Å². The molecule has 37 nitrogen and oxygen atoms in total. The molecule has 11 aromatic heterocycles. The molecule has 10 aliphatic rings. The number of hydrogen-bond donors (Lipinski definition) is 9. The van der Waals surface area contributed by atoms with Crippen LogP contribution in [0.3, 0.4) is 0 Å². The number of nitrogens with two attached hydrogens (primary N) is 2. The summed E-state index contributed by atoms with van der Waals surface area (Å²) in [5, 5.41) is 44.1. The van der Waals surface area contributed by atoms with Gasteiger partial charge < -0.3 is 91.1 Å². The number of ether oxygens (including phenoxy) is 3. The smallest absolute Gasteiger partial charge is 0.341 e. The first kappa shape index (κ1) is 100. The maximum Gasteiger partial charge on any atom is 0.341 e. The number of carbonyl (C=O) groups is 4. The molecule has 0 radical (unpaired) electrons. The molecule has 0 bridgehead atoms. The first-order valence-corrected chi connectivity index (χ1v) is 47.1. The number of rotatable bonds is 24. The lowest BCUT2D eigenvalue weighted by molar-refractivity contribution is -0.174. The van der Waals surface area contributed by atoms with Gasteiger partial charge in [-0.2, -0.15) is 38.5 Å². The Kier molecular flexibility index (Phi) is 29.2. The van der Waals surface area contributed by atoms with Crippen LogP contribution in [0.1, 0.15) is 155 Å². The van der Waals surface area contributed by atoms with E-state index in [0.29, 0.717) is 126 Å². The van der Waals surface area contributed by atoms with Crippen molar-refractivity contribution in [2.45, 2.75) is 166 Å². The van der Waals surface area contributed by atoms with Crippen LogP contribution in [0.5, 0.6) is 0 Å². The number of pyridine rings is 3. The Bertz CT molecular complexity index is 7200. The molecule has 8 atom stereocenters. The average Bonchev–Trinajstić information content (AvgIpc) is 1.69. The molecule has 3 saturated heterocycles. The fourth-order valence-electron chi connectivity index (χ4n) is 18.3. The molecule has 10 fully saturated rings. The lowest BCUT2D eigenvalue weighted by atomic mass is 9.64. The van der Waals surface area contributed by atoms with Gasteiger partial charge in [-0.15, -0.1) is 0 Å². The highest BCUT2D eigenvalue weighted by Gasteiger charge is 2.53. The number of carbonyl (C=O) groups excluding carboxylic acids is 3. The summed E-state index contributed by atoms with van der Waals surface area (Å²) < 4.78 is 78.6. The van der Waals surface area contributed by atoms with E-state index in [1.807, 2.05) is 170 Å². The summed E-state index contributed by atoms with van der Waals surface area (Å²) >= 11 is 12.2. The molecular weight excluding hydrogens is 1890 g/mol. The van der Waals surface area contributed by atoms with Gasteiger partial charge in [-0.1, -0.05) is 129 Å². The maximum atomic E-state index is 13.5. The van der Waals surface area contributed by atoms with E-state index >= 15 is 0 Å². The number of nitrogen functional groups attached to an aromatic ring is 1. The standard InChI is InChI=1S/C29H30FN7O3.C22H24FN7O3.C18H17ClFN5O.C15H13ClN4O2.C11H14N2O2.C3H6FN.2CH4/c1-35(15-18-6-3-2-4-7-18)25-11-24(34-26-20(14-31-37(25)26)27(38)33-23-10-21(23)30)32-22-8-5-9-36(28(22)39)19-12-29(13-19)16-40-17-29;1-24-18-6-17(28-19-13(9-25-30(18)19)20(31)27-16-5-14(16)23)26-15-3-2-4-29(21(15)32)12-7-22(8-12)10-33-11-22;1-24(10-11-5-3-2-4-6-11)16-8-15(19)23-17-12(9-21-25(16)17)18(26)22-14-7-13(14)20;1-19(9-10-5-3-2-4-6-10)13-7-12(16)18-14-11(15(21)22)8-17-20(13)14;12-9-2-1-3-13(10(9)14)8-4-11(5-8)6-15-7-11;4-2-1-3(2)5;;/h2-9,11,14,19,21,23H,10,12-13,15-17H2,1H3,(H,32,34)(H,33,38);2-4,6,9,12,14,16,24H,5,7-8,10-11H2,1H3,(H,26,28)(H,27,31);2-6,8-9,13-14H,7,10H2,1H3,(H,22,26);2-8H,9H2,1H3,(H,21,22);1-3,8H,4-7,12H2;2-3H,1,5H2;2*1H4/t21-,23+;14-,16+;13-,14+;;;2-,3+;;/m000..0../s1. The molecule has 7 saturated carbocycles. The second-order valence-electron chi connectivity index (χ2n) is 37.9. The number of hydrogen-bond acceptors (Lipinski definition) is 26. The number of nitrogens with one attached hydrogen (secondary N) is 6. The Morgan fingerprint density at radius 1 is 0.441 bits per heavy atom. The molecule has 14 aromatic rings. The topological polar surface area (TPSA) is 437 Å². The number of carboxylic acid groups (broad SMARTS) is 1. The van der Waals surface area contributed by atoms with Gasteiger partial charge in [-0.05, 0) is 98.0 Å². The third kappa shape index (κ3) is 21.8. The van der Waals surface area contributed by atoms with Gasteiger partial charge in [0.1, 0.15) is 104 Å². The van der Waals surface area contributed by atoms with Gasteiger partial charge >= 0.3 is 5.97 Å². The maximum absolute atomic E-state index is 13.5. The van der Waals surface area contributed by atoms with Gasteiger partial charge in [0.25, 0.3) is 34.4 Å². The Hall–Kier alpha value is -14.4. The SMILES string of the molecule is C.C.CN(Cc1ccccc1)c1cc(Cl)nc2c(C(=O)N[C@@H]3C[C@@H]3F)cnn12.CN(Cc1ccccc1)c1cc(Cl)nc2c(C(=O)O)cnn12.CN(Cc1ccccc1)c1cc(Nc2cccn(C3CC4(COC4)C3)c2=O)nc2c(C(=O)N[C@@H]3C[C@@H]3F)cnn12.CNc1cc(Nc2cccn(C3CC4(COC4)C3)c2=O)nc2c(C(=O)N[C@@H]3C[C@@H]3F)cnn12.N[C@@H]1C[C@@H]1F.Nc1cccn(C2CC3(COC3)C2)c1=O. The lowest BCUT2D eigenvalue weighted by Gasteiger charge is -2.53. The first-order chi connectivity index (χ1) is 67.9. The Labute approximate surface area is 828 Å². The van der Waals surface area contributed by atoms with Crippen molar-refractivity contribution in [1.82, 2.24) is 88.0 Å². The number of benzene rings is 3. The number of carboxylic acids is 1. The van der Waals surface area contributed by atoms with Gasteiger partial charge in [0.05, 0.1) is 88.2 Å². The van der Waals surface area contributed by atoms with E-state index in [1.54, 1.807) is 66.2 Å². The number of aromatic carboxylic acids is 1. The average molecular weight is 2000 g/mol. The van der Waals surface area contributed by atoms with Crippen molar-refractivity contribution >= 4 is 121 Å². The zero-order valence-corrected chi connectivity index (χ0v) is 78.8. The molecule has 3 aromatic carbocycles. The number of nitrogens with zero attached hydrogens (tertiary/aromatic N) is 18. The van der Waals surface area contributed by atoms with Crippen molar-refractivity contribution in [3.8, 4) is 0 Å². The monoisotopic (exact) mass is 2000 g/mol. The van der Waals surface area contributed by atoms with Crippen LogP contribution in [-0.2, 0) is 33.8 Å². The molecule has 3 aliphatic heterocycles. The number of anilines is 9. The van der Waals surface area contributed by atoms with Crippen LogP contribution in [0, 0.1) is 16.2 Å². The third-order valence-corrected chi connectivity index (χ3v) is 27.3. The summed E-state index contributed by atoms with van der Waals surface area (Å²) in [5.41, 5.74) is 17.6.